The molecule has 0 radical (unpaired) electrons. The third kappa shape index (κ3) is 3.36. The van der Waals surface area contributed by atoms with Gasteiger partial charge in [-0.1, -0.05) is 13.8 Å². The monoisotopic (exact) mass is 250 g/mol. The maximum Gasteiger partial charge on any atom is 0.308 e. The minimum Gasteiger partial charge on any atom is -0.463 e. The SMILES string of the molecule is CC(C)C(=O)OC[C@H]1O[C@H](O)[C@@H](O)[C@@H](O)[C@@H]1O. The van der Waals surface area contributed by atoms with E-state index in [1.165, 1.54) is 0 Å². The van der Waals surface area contributed by atoms with Crippen LogP contribution >= 0.6 is 0 Å². The highest BCUT2D eigenvalue weighted by atomic mass is 16.6. The Kier molecular flexibility index (Phi) is 4.84. The third-order valence-corrected chi connectivity index (χ3v) is 2.55. The zero-order chi connectivity index (χ0) is 13.2. The fourth-order valence-electron chi connectivity index (χ4n) is 1.40. The minimum absolute atomic E-state index is 0.293. The number of ether oxygens (including phenoxy) is 2. The van der Waals surface area contributed by atoms with Crippen LogP contribution in [-0.2, 0) is 14.3 Å². The highest BCUT2D eigenvalue weighted by molar-refractivity contribution is 5.71. The summed E-state index contributed by atoms with van der Waals surface area (Å²) in [6, 6.07) is 0. The molecule has 0 aromatic heterocycles. The van der Waals surface area contributed by atoms with Gasteiger partial charge in [-0.2, -0.15) is 0 Å². The second kappa shape index (κ2) is 5.74. The molecule has 0 unspecified atom stereocenters. The van der Waals surface area contributed by atoms with Crippen molar-refractivity contribution in [2.24, 2.45) is 5.92 Å². The molecule has 1 rings (SSSR count). The first-order chi connectivity index (χ1) is 7.84. The topological polar surface area (TPSA) is 116 Å². The van der Waals surface area contributed by atoms with Gasteiger partial charge in [-0.3, -0.25) is 4.79 Å². The predicted octanol–water partition coefficient (Wildman–Crippen LogP) is -2.01. The van der Waals surface area contributed by atoms with E-state index in [0.717, 1.165) is 0 Å². The maximum atomic E-state index is 11.2. The Balaban J connectivity index is 2.51. The van der Waals surface area contributed by atoms with E-state index in [-0.39, 0.29) is 12.5 Å². The summed E-state index contributed by atoms with van der Waals surface area (Å²) >= 11 is 0. The zero-order valence-corrected chi connectivity index (χ0v) is 9.68. The number of hydrogen-bond donors (Lipinski definition) is 4. The van der Waals surface area contributed by atoms with Crippen LogP contribution in [0, 0.1) is 5.92 Å². The van der Waals surface area contributed by atoms with Crippen molar-refractivity contribution in [1.82, 2.24) is 0 Å². The number of rotatable bonds is 3. The van der Waals surface area contributed by atoms with Crippen LogP contribution in [0.15, 0.2) is 0 Å². The van der Waals surface area contributed by atoms with E-state index in [9.17, 15) is 25.2 Å². The van der Waals surface area contributed by atoms with Crippen LogP contribution in [0.4, 0.5) is 0 Å². The van der Waals surface area contributed by atoms with E-state index in [0.29, 0.717) is 0 Å². The van der Waals surface area contributed by atoms with Crippen molar-refractivity contribution in [1.29, 1.82) is 0 Å². The van der Waals surface area contributed by atoms with E-state index in [4.69, 9.17) is 9.47 Å². The first kappa shape index (κ1) is 14.3. The molecule has 5 atom stereocenters. The van der Waals surface area contributed by atoms with Crippen LogP contribution in [0.1, 0.15) is 13.8 Å². The molecule has 1 aliphatic rings. The first-order valence-corrected chi connectivity index (χ1v) is 5.39. The summed E-state index contributed by atoms with van der Waals surface area (Å²) < 4.78 is 9.65. The van der Waals surface area contributed by atoms with Crippen molar-refractivity contribution < 1.29 is 34.7 Å². The number of aliphatic hydroxyl groups is 4. The van der Waals surface area contributed by atoms with Crippen molar-refractivity contribution in [2.45, 2.75) is 44.6 Å². The molecule has 1 saturated heterocycles. The fourth-order valence-corrected chi connectivity index (χ4v) is 1.40. The molecule has 0 aromatic carbocycles. The minimum atomic E-state index is -1.61. The lowest BCUT2D eigenvalue weighted by Gasteiger charge is -2.37. The van der Waals surface area contributed by atoms with Gasteiger partial charge in [0.2, 0.25) is 0 Å². The van der Waals surface area contributed by atoms with Gasteiger partial charge < -0.3 is 29.9 Å². The first-order valence-electron chi connectivity index (χ1n) is 5.39. The molecule has 1 aliphatic heterocycles. The van der Waals surface area contributed by atoms with Crippen molar-refractivity contribution >= 4 is 5.97 Å². The van der Waals surface area contributed by atoms with E-state index in [2.05, 4.69) is 0 Å². The Labute approximate surface area is 98.6 Å². The van der Waals surface area contributed by atoms with Gasteiger partial charge >= 0.3 is 5.97 Å². The molecule has 0 bridgehead atoms. The normalized spacial score (nSPS) is 38.2. The summed E-state index contributed by atoms with van der Waals surface area (Å²) in [4.78, 5) is 11.2. The second-order valence-electron chi connectivity index (χ2n) is 4.32. The van der Waals surface area contributed by atoms with Crippen LogP contribution < -0.4 is 0 Å². The number of aliphatic hydroxyl groups excluding tert-OH is 4. The van der Waals surface area contributed by atoms with E-state index in [1.54, 1.807) is 13.8 Å². The maximum absolute atomic E-state index is 11.2. The van der Waals surface area contributed by atoms with Crippen LogP contribution in [0.25, 0.3) is 0 Å². The average Bonchev–Trinajstić information content (AvgIpc) is 2.28. The van der Waals surface area contributed by atoms with E-state index in [1.807, 2.05) is 0 Å². The Hall–Kier alpha value is -0.730. The van der Waals surface area contributed by atoms with Crippen LogP contribution in [0.5, 0.6) is 0 Å². The highest BCUT2D eigenvalue weighted by Crippen LogP contribution is 2.20. The van der Waals surface area contributed by atoms with Crippen molar-refractivity contribution in [3.63, 3.8) is 0 Å². The molecule has 100 valence electrons. The Bertz CT molecular complexity index is 267. The molecule has 17 heavy (non-hydrogen) atoms. The molecular formula is C10H18O7. The summed E-state index contributed by atoms with van der Waals surface area (Å²) in [6.07, 6.45) is -7.22. The van der Waals surface area contributed by atoms with E-state index < -0.39 is 36.7 Å². The van der Waals surface area contributed by atoms with Crippen LogP contribution in [-0.4, -0.2) is 63.7 Å². The standard InChI is InChI=1S/C10H18O7/c1-4(2)9(14)16-3-5-6(11)7(12)8(13)10(15)17-5/h4-8,10-13,15H,3H2,1-2H3/t5-,6-,7+,8+,10+/m1/s1. The van der Waals surface area contributed by atoms with Gasteiger partial charge in [0.15, 0.2) is 6.29 Å². The molecule has 0 aliphatic carbocycles. The van der Waals surface area contributed by atoms with Gasteiger partial charge in [0, 0.05) is 0 Å². The predicted molar refractivity (Wildman–Crippen MR) is 54.7 cm³/mol. The summed E-state index contributed by atoms with van der Waals surface area (Å²) in [6.45, 7) is 3.00. The third-order valence-electron chi connectivity index (χ3n) is 2.55. The fraction of sp³-hybridized carbons (Fsp3) is 0.900. The molecule has 4 N–H and O–H groups in total. The van der Waals surface area contributed by atoms with Crippen molar-refractivity contribution in [3.8, 4) is 0 Å². The van der Waals surface area contributed by atoms with Gasteiger partial charge in [-0.05, 0) is 0 Å². The molecule has 7 nitrogen and oxygen atoms in total. The number of carbonyl (C=O) groups is 1. The van der Waals surface area contributed by atoms with Gasteiger partial charge in [0.1, 0.15) is 31.0 Å². The number of carbonyl (C=O) groups excluding carboxylic acids is 1. The molecule has 0 aromatic rings. The molecule has 1 heterocycles. The van der Waals surface area contributed by atoms with Gasteiger partial charge in [-0.15, -0.1) is 0 Å². The van der Waals surface area contributed by atoms with Gasteiger partial charge in [0.25, 0.3) is 0 Å². The largest absolute Gasteiger partial charge is 0.463 e. The Morgan fingerprint density at radius 2 is 1.76 bits per heavy atom. The number of esters is 1. The quantitative estimate of drug-likeness (QED) is 0.427. The molecule has 0 spiro atoms. The lowest BCUT2D eigenvalue weighted by molar-refractivity contribution is -0.287. The van der Waals surface area contributed by atoms with E-state index >= 15 is 0 Å². The molecule has 7 heteroatoms. The molecule has 0 saturated carbocycles. The molecule has 0 amide bonds. The molecule has 1 fully saturated rings. The lowest BCUT2D eigenvalue weighted by atomic mass is 9.99. The van der Waals surface area contributed by atoms with Crippen LogP contribution in [0.3, 0.4) is 0 Å². The van der Waals surface area contributed by atoms with Crippen LogP contribution in [0.2, 0.25) is 0 Å². The number of hydrogen-bond acceptors (Lipinski definition) is 7. The summed E-state index contributed by atoms with van der Waals surface area (Å²) in [5, 5.41) is 37.4. The smallest absolute Gasteiger partial charge is 0.308 e. The lowest BCUT2D eigenvalue weighted by Crippen LogP contribution is -2.58. The highest BCUT2D eigenvalue weighted by Gasteiger charge is 2.43. The summed E-state index contributed by atoms with van der Waals surface area (Å²) in [5.74, 6) is -0.799. The van der Waals surface area contributed by atoms with Crippen molar-refractivity contribution in [3.05, 3.63) is 0 Å². The van der Waals surface area contributed by atoms with Crippen molar-refractivity contribution in [2.75, 3.05) is 6.61 Å². The molecular weight excluding hydrogens is 232 g/mol. The second-order valence-corrected chi connectivity index (χ2v) is 4.32. The zero-order valence-electron chi connectivity index (χ0n) is 9.68. The summed E-state index contributed by atoms with van der Waals surface area (Å²) in [5.41, 5.74) is 0. The Morgan fingerprint density at radius 1 is 1.18 bits per heavy atom. The van der Waals surface area contributed by atoms with Gasteiger partial charge in [-0.25, -0.2) is 0 Å². The summed E-state index contributed by atoms with van der Waals surface area (Å²) in [7, 11) is 0. The Morgan fingerprint density at radius 3 is 2.29 bits per heavy atom. The van der Waals surface area contributed by atoms with Gasteiger partial charge in [0.05, 0.1) is 5.92 Å². The average molecular weight is 250 g/mol.